The quantitative estimate of drug-likeness (QED) is 0.514. The van der Waals surface area contributed by atoms with Gasteiger partial charge in [0.05, 0.1) is 10.3 Å². The molecule has 2 aromatic carbocycles. The Hall–Kier alpha value is -3.04. The molecule has 2 amide bonds. The number of para-hydroxylation sites is 1. The number of thioether (sulfide) groups is 1. The van der Waals surface area contributed by atoms with Crippen molar-refractivity contribution in [2.45, 2.75) is 23.9 Å². The minimum absolute atomic E-state index is 0.195. The van der Waals surface area contributed by atoms with Gasteiger partial charge >= 0.3 is 0 Å². The van der Waals surface area contributed by atoms with E-state index in [9.17, 15) is 9.59 Å². The average molecular weight is 446 g/mol. The Morgan fingerprint density at radius 2 is 1.90 bits per heavy atom. The second kappa shape index (κ2) is 9.64. The highest BCUT2D eigenvalue weighted by Gasteiger charge is 2.19. The number of amides is 2. The van der Waals surface area contributed by atoms with Gasteiger partial charge in [0, 0.05) is 18.3 Å². The summed E-state index contributed by atoms with van der Waals surface area (Å²) in [6.07, 6.45) is 0. The molecule has 0 fully saturated rings. The highest BCUT2D eigenvalue weighted by atomic mass is 35.5. The van der Waals surface area contributed by atoms with Gasteiger partial charge in [0.25, 0.3) is 0 Å². The number of nitrogens with two attached hydrogens (primary N) is 1. The van der Waals surface area contributed by atoms with Crippen LogP contribution in [0.25, 0.3) is 0 Å². The molecule has 1 heterocycles. The molecule has 0 saturated heterocycles. The molecule has 0 aliphatic heterocycles. The summed E-state index contributed by atoms with van der Waals surface area (Å²) >= 11 is 7.36. The van der Waals surface area contributed by atoms with Crippen molar-refractivity contribution in [1.29, 1.82) is 0 Å². The normalized spacial score (nSPS) is 11.7. The first-order valence-corrected chi connectivity index (χ1v) is 10.2. The molecule has 3 N–H and O–H groups in total. The zero-order chi connectivity index (χ0) is 21.7. The minimum Gasteiger partial charge on any atom is -0.484 e. The molecule has 30 heavy (non-hydrogen) atoms. The summed E-state index contributed by atoms with van der Waals surface area (Å²) in [5, 5.41) is 11.7. The maximum atomic E-state index is 12.5. The van der Waals surface area contributed by atoms with Gasteiger partial charge in [-0.15, -0.1) is 10.2 Å². The van der Waals surface area contributed by atoms with Crippen molar-refractivity contribution >= 4 is 40.9 Å². The van der Waals surface area contributed by atoms with Crippen LogP contribution in [0.5, 0.6) is 5.75 Å². The molecule has 3 rings (SSSR count). The maximum Gasteiger partial charge on any atom is 0.248 e. The van der Waals surface area contributed by atoms with Crippen molar-refractivity contribution in [3.8, 4) is 5.75 Å². The van der Waals surface area contributed by atoms with E-state index in [1.54, 1.807) is 54.9 Å². The Bertz CT molecular complexity index is 1050. The maximum absolute atomic E-state index is 12.5. The molecule has 1 aromatic heterocycles. The second-order valence-electron chi connectivity index (χ2n) is 6.37. The summed E-state index contributed by atoms with van der Waals surface area (Å²) in [5.41, 5.74) is 6.17. The van der Waals surface area contributed by atoms with Crippen LogP contribution in [-0.4, -0.2) is 31.8 Å². The third-order valence-corrected chi connectivity index (χ3v) is 5.65. The molecular formula is C20H20ClN5O3S. The number of primary amides is 1. The van der Waals surface area contributed by atoms with Gasteiger partial charge in [-0.2, -0.15) is 0 Å². The van der Waals surface area contributed by atoms with E-state index >= 15 is 0 Å². The molecule has 0 aliphatic rings. The molecule has 1 atom stereocenters. The van der Waals surface area contributed by atoms with Crippen LogP contribution >= 0.6 is 23.4 Å². The summed E-state index contributed by atoms with van der Waals surface area (Å²) < 4.78 is 7.47. The predicted octanol–water partition coefficient (Wildman–Crippen LogP) is 3.27. The van der Waals surface area contributed by atoms with E-state index in [1.807, 2.05) is 12.1 Å². The Morgan fingerprint density at radius 3 is 2.57 bits per heavy atom. The minimum atomic E-state index is -0.520. The first kappa shape index (κ1) is 21.7. The van der Waals surface area contributed by atoms with E-state index in [4.69, 9.17) is 22.1 Å². The predicted molar refractivity (Wildman–Crippen MR) is 116 cm³/mol. The lowest BCUT2D eigenvalue weighted by Gasteiger charge is -2.12. The third kappa shape index (κ3) is 5.31. The summed E-state index contributed by atoms with van der Waals surface area (Å²) in [7, 11) is 1.81. The Balaban J connectivity index is 1.58. The zero-order valence-corrected chi connectivity index (χ0v) is 17.9. The largest absolute Gasteiger partial charge is 0.484 e. The fourth-order valence-electron chi connectivity index (χ4n) is 2.45. The standard InChI is InChI=1S/C20H20ClN5O3S/c1-12(19(28)23-14-9-7-13(8-10-14)18(22)27)30-20-25-24-17(26(20)2)11-29-16-6-4-3-5-15(16)21/h3-10,12H,11H2,1-2H3,(H2,22,27)(H,23,28)/t12-/m0/s1. The van der Waals surface area contributed by atoms with Crippen molar-refractivity contribution in [1.82, 2.24) is 14.8 Å². The topological polar surface area (TPSA) is 112 Å². The Morgan fingerprint density at radius 1 is 1.20 bits per heavy atom. The van der Waals surface area contributed by atoms with E-state index in [2.05, 4.69) is 15.5 Å². The fourth-order valence-corrected chi connectivity index (χ4v) is 3.47. The number of anilines is 1. The molecule has 3 aromatic rings. The molecule has 0 unspecified atom stereocenters. The van der Waals surface area contributed by atoms with E-state index in [-0.39, 0.29) is 12.5 Å². The molecule has 0 aliphatic carbocycles. The summed E-state index contributed by atoms with van der Waals surface area (Å²) in [4.78, 5) is 23.6. The SMILES string of the molecule is C[C@H](Sc1nnc(COc2ccccc2Cl)n1C)C(=O)Nc1ccc(C(N)=O)cc1. The van der Waals surface area contributed by atoms with Gasteiger partial charge in [-0.05, 0) is 43.3 Å². The van der Waals surface area contributed by atoms with Crippen LogP contribution in [0.15, 0.2) is 53.7 Å². The van der Waals surface area contributed by atoms with E-state index < -0.39 is 11.2 Å². The number of ether oxygens (including phenoxy) is 1. The number of rotatable bonds is 8. The van der Waals surface area contributed by atoms with E-state index in [0.717, 1.165) is 0 Å². The number of nitrogens with zero attached hydrogens (tertiary/aromatic N) is 3. The molecule has 8 nitrogen and oxygen atoms in total. The lowest BCUT2D eigenvalue weighted by Crippen LogP contribution is -2.23. The van der Waals surface area contributed by atoms with Gasteiger partial charge in [0.2, 0.25) is 11.8 Å². The van der Waals surface area contributed by atoms with Gasteiger partial charge in [-0.3, -0.25) is 9.59 Å². The van der Waals surface area contributed by atoms with Crippen LogP contribution in [0, 0.1) is 0 Å². The van der Waals surface area contributed by atoms with Crippen LogP contribution < -0.4 is 15.8 Å². The smallest absolute Gasteiger partial charge is 0.248 e. The lowest BCUT2D eigenvalue weighted by atomic mass is 10.2. The van der Waals surface area contributed by atoms with Gasteiger partial charge < -0.3 is 20.4 Å². The number of nitrogens with one attached hydrogen (secondary N) is 1. The lowest BCUT2D eigenvalue weighted by molar-refractivity contribution is -0.115. The van der Waals surface area contributed by atoms with Crippen LogP contribution in [0.4, 0.5) is 5.69 Å². The first-order valence-electron chi connectivity index (χ1n) is 8.98. The summed E-state index contributed by atoms with van der Waals surface area (Å²) in [5.74, 6) is 0.440. The average Bonchev–Trinajstić information content (AvgIpc) is 3.07. The number of hydrogen-bond donors (Lipinski definition) is 2. The molecule has 0 spiro atoms. The number of benzene rings is 2. The number of carbonyl (C=O) groups is 2. The molecule has 0 saturated carbocycles. The Labute approximate surface area is 182 Å². The van der Waals surface area contributed by atoms with Crippen molar-refractivity contribution in [3.05, 3.63) is 64.9 Å². The molecule has 156 valence electrons. The third-order valence-electron chi connectivity index (χ3n) is 4.21. The fraction of sp³-hybridized carbons (Fsp3) is 0.200. The highest BCUT2D eigenvalue weighted by Crippen LogP contribution is 2.26. The molecule has 0 radical (unpaired) electrons. The van der Waals surface area contributed by atoms with Gasteiger partial charge in [-0.25, -0.2) is 0 Å². The van der Waals surface area contributed by atoms with Crippen LogP contribution in [0.3, 0.4) is 0 Å². The number of aromatic nitrogens is 3. The monoisotopic (exact) mass is 445 g/mol. The zero-order valence-electron chi connectivity index (χ0n) is 16.3. The number of halogens is 1. The van der Waals surface area contributed by atoms with Gasteiger partial charge in [0.1, 0.15) is 12.4 Å². The molecule has 10 heteroatoms. The Kier molecular flexibility index (Phi) is 6.96. The molecular weight excluding hydrogens is 426 g/mol. The number of carbonyl (C=O) groups excluding carboxylic acids is 2. The van der Waals surface area contributed by atoms with E-state index in [1.165, 1.54) is 11.8 Å². The van der Waals surface area contributed by atoms with Crippen molar-refractivity contribution in [2.24, 2.45) is 12.8 Å². The van der Waals surface area contributed by atoms with Gasteiger partial charge in [-0.1, -0.05) is 35.5 Å². The van der Waals surface area contributed by atoms with Crippen molar-refractivity contribution < 1.29 is 14.3 Å². The number of hydrogen-bond acceptors (Lipinski definition) is 6. The molecule has 0 bridgehead atoms. The van der Waals surface area contributed by atoms with Crippen molar-refractivity contribution in [3.63, 3.8) is 0 Å². The highest BCUT2D eigenvalue weighted by molar-refractivity contribution is 8.00. The second-order valence-corrected chi connectivity index (χ2v) is 8.08. The van der Waals surface area contributed by atoms with Crippen LogP contribution in [0.2, 0.25) is 5.02 Å². The van der Waals surface area contributed by atoms with E-state index in [0.29, 0.717) is 33.0 Å². The summed E-state index contributed by atoms with van der Waals surface area (Å²) in [6, 6.07) is 13.6. The summed E-state index contributed by atoms with van der Waals surface area (Å²) in [6.45, 7) is 1.97. The van der Waals surface area contributed by atoms with Crippen LogP contribution in [0.1, 0.15) is 23.1 Å². The van der Waals surface area contributed by atoms with Crippen LogP contribution in [-0.2, 0) is 18.4 Å². The first-order chi connectivity index (χ1) is 14.3. The van der Waals surface area contributed by atoms with Gasteiger partial charge in [0.15, 0.2) is 11.0 Å². The van der Waals surface area contributed by atoms with Crippen molar-refractivity contribution in [2.75, 3.05) is 5.32 Å².